The van der Waals surface area contributed by atoms with Crippen molar-refractivity contribution in [3.63, 3.8) is 0 Å². The Hall–Kier alpha value is -4.22. The largest absolute Gasteiger partial charge is 0.696 e. The molecule has 0 radical (unpaired) electrons. The van der Waals surface area contributed by atoms with Gasteiger partial charge in [-0.1, -0.05) is 24.3 Å². The van der Waals surface area contributed by atoms with Gasteiger partial charge in [0.25, 0.3) is 0 Å². The van der Waals surface area contributed by atoms with Crippen LogP contribution < -0.4 is 10.9 Å². The number of nitrogens with zero attached hydrogens (tertiary/aromatic N) is 4. The minimum absolute atomic E-state index is 0.0748. The van der Waals surface area contributed by atoms with Crippen molar-refractivity contribution in [3.05, 3.63) is 70.1 Å². The van der Waals surface area contributed by atoms with Crippen molar-refractivity contribution in [1.82, 2.24) is 0 Å². The average Bonchev–Trinajstić information content (AvgIpc) is 2.76. The molecule has 0 atom stereocenters. The summed E-state index contributed by atoms with van der Waals surface area (Å²) in [5.74, 6) is -2.13. The number of hydrogen-bond donors (Lipinski definition) is 4. The van der Waals surface area contributed by atoms with Crippen LogP contribution in [-0.2, 0) is 0 Å². The zero-order valence-electron chi connectivity index (χ0n) is 16.3. The van der Waals surface area contributed by atoms with Gasteiger partial charge in [-0.05, 0) is 38.1 Å². The summed E-state index contributed by atoms with van der Waals surface area (Å²) in [5.41, 5.74) is 5.54. The van der Waals surface area contributed by atoms with E-state index in [1.54, 1.807) is 38.1 Å². The Morgan fingerprint density at radius 2 is 1.13 bits per heavy atom. The Bertz CT molecular complexity index is 855. The maximum Gasteiger partial charge on any atom is 0.340 e. The van der Waals surface area contributed by atoms with Crippen LogP contribution in [0.2, 0.25) is 0 Å². The molecule has 0 spiro atoms. The SMILES string of the molecule is CC/[N+]([O-])=N/Nc1ccccc1C(=O)O.CC/[N+]([O-])=N/Nc1ccccc1C(=O)O. The minimum atomic E-state index is -1.07. The van der Waals surface area contributed by atoms with Crippen LogP contribution in [0.15, 0.2) is 59.0 Å². The first-order chi connectivity index (χ1) is 14.3. The van der Waals surface area contributed by atoms with E-state index >= 15 is 0 Å². The Labute approximate surface area is 171 Å². The Balaban J connectivity index is 0.000000300. The molecule has 0 aromatic heterocycles. The van der Waals surface area contributed by atoms with Crippen molar-refractivity contribution in [1.29, 1.82) is 0 Å². The lowest BCUT2D eigenvalue weighted by Gasteiger charge is -2.02. The Morgan fingerprint density at radius 1 is 0.800 bits per heavy atom. The van der Waals surface area contributed by atoms with E-state index in [0.717, 1.165) is 0 Å². The van der Waals surface area contributed by atoms with Crippen molar-refractivity contribution in [2.75, 3.05) is 23.9 Å². The minimum Gasteiger partial charge on any atom is -0.696 e. The second kappa shape index (κ2) is 12.3. The Kier molecular flexibility index (Phi) is 9.75. The van der Waals surface area contributed by atoms with E-state index in [-0.39, 0.29) is 24.2 Å². The molecule has 0 aliphatic carbocycles. The van der Waals surface area contributed by atoms with Gasteiger partial charge in [0.05, 0.1) is 10.4 Å². The standard InChI is InChI=1S/2C9H11N3O3/c2*1-2-12(15)11-10-8-6-4-3-5-7(8)9(13)14/h2*3-6,10H,2H2,1H3,(H,13,14)/b2*12-11-. The number of hydroxylamine groups is 2. The van der Waals surface area contributed by atoms with Crippen molar-refractivity contribution in [2.45, 2.75) is 13.8 Å². The van der Waals surface area contributed by atoms with Crippen LogP contribution in [0.5, 0.6) is 0 Å². The van der Waals surface area contributed by atoms with E-state index in [2.05, 4.69) is 21.3 Å². The van der Waals surface area contributed by atoms with Gasteiger partial charge in [-0.2, -0.15) is 9.72 Å². The van der Waals surface area contributed by atoms with Gasteiger partial charge in [0.1, 0.15) is 24.2 Å². The second-order valence-corrected chi connectivity index (χ2v) is 5.46. The van der Waals surface area contributed by atoms with Gasteiger partial charge in [-0.15, -0.1) is 10.9 Å². The molecule has 0 bridgehead atoms. The number of para-hydroxylation sites is 2. The summed E-state index contributed by atoms with van der Waals surface area (Å²) in [6.07, 6.45) is 0. The molecule has 0 saturated heterocycles. The molecule has 0 heterocycles. The van der Waals surface area contributed by atoms with Gasteiger partial charge < -0.3 is 20.6 Å². The third-order valence-electron chi connectivity index (χ3n) is 3.42. The quantitative estimate of drug-likeness (QED) is 0.286. The summed E-state index contributed by atoms with van der Waals surface area (Å²) in [6, 6.07) is 12.5. The smallest absolute Gasteiger partial charge is 0.340 e. The normalized spacial score (nSPS) is 11.1. The van der Waals surface area contributed by atoms with Gasteiger partial charge in [-0.3, -0.25) is 0 Å². The first kappa shape index (κ1) is 23.8. The molecule has 0 aliphatic rings. The number of rotatable bonds is 8. The fraction of sp³-hybridized carbons (Fsp3) is 0.222. The van der Waals surface area contributed by atoms with Gasteiger partial charge in [0, 0.05) is 0 Å². The summed E-state index contributed by atoms with van der Waals surface area (Å²) in [7, 11) is 0. The summed E-state index contributed by atoms with van der Waals surface area (Å²) in [6.45, 7) is 3.67. The lowest BCUT2D eigenvalue weighted by Crippen LogP contribution is -2.06. The maximum atomic E-state index is 10.8. The van der Waals surface area contributed by atoms with Crippen LogP contribution in [0.25, 0.3) is 0 Å². The van der Waals surface area contributed by atoms with Gasteiger partial charge in [0.2, 0.25) is 0 Å². The first-order valence-corrected chi connectivity index (χ1v) is 8.77. The van der Waals surface area contributed by atoms with Crippen molar-refractivity contribution < 1.29 is 29.5 Å². The van der Waals surface area contributed by atoms with Gasteiger partial charge in [-0.25, -0.2) is 9.59 Å². The summed E-state index contributed by atoms with van der Waals surface area (Å²) < 4.78 is 0. The van der Waals surface area contributed by atoms with E-state index < -0.39 is 11.9 Å². The molecule has 0 unspecified atom stereocenters. The highest BCUT2D eigenvalue weighted by Crippen LogP contribution is 2.15. The number of carboxylic acids is 2. The molecular formula is C18H22N6O6. The second-order valence-electron chi connectivity index (χ2n) is 5.46. The fourth-order valence-electron chi connectivity index (χ4n) is 1.89. The number of aromatic carboxylic acids is 2. The molecule has 0 saturated carbocycles. The topological polar surface area (TPSA) is 176 Å². The molecule has 4 N–H and O–H groups in total. The Morgan fingerprint density at radius 3 is 1.43 bits per heavy atom. The van der Waals surface area contributed by atoms with Crippen molar-refractivity contribution >= 4 is 23.3 Å². The molecule has 160 valence electrons. The van der Waals surface area contributed by atoms with Gasteiger partial charge in [0.15, 0.2) is 11.4 Å². The third-order valence-corrected chi connectivity index (χ3v) is 3.42. The number of nitrogens with one attached hydrogen (secondary N) is 2. The zero-order chi connectivity index (χ0) is 22.5. The first-order valence-electron chi connectivity index (χ1n) is 8.77. The highest BCUT2D eigenvalue weighted by Gasteiger charge is 2.12. The molecule has 2 rings (SSSR count). The van der Waals surface area contributed by atoms with E-state index in [0.29, 0.717) is 21.1 Å². The highest BCUT2D eigenvalue weighted by molar-refractivity contribution is 5.94. The van der Waals surface area contributed by atoms with Crippen molar-refractivity contribution in [3.8, 4) is 0 Å². The number of carbonyl (C=O) groups is 2. The van der Waals surface area contributed by atoms with Crippen LogP contribution in [0, 0.1) is 10.4 Å². The lowest BCUT2D eigenvalue weighted by molar-refractivity contribution is -0.524. The number of hydrogen-bond acceptors (Lipinski definition) is 6. The van der Waals surface area contributed by atoms with Crippen LogP contribution >= 0.6 is 0 Å². The van der Waals surface area contributed by atoms with E-state index in [1.165, 1.54) is 24.3 Å². The van der Waals surface area contributed by atoms with Crippen LogP contribution in [0.4, 0.5) is 11.4 Å². The summed E-state index contributed by atoms with van der Waals surface area (Å²) >= 11 is 0. The van der Waals surface area contributed by atoms with Crippen LogP contribution in [0.3, 0.4) is 0 Å². The molecule has 2 aromatic carbocycles. The lowest BCUT2D eigenvalue weighted by atomic mass is 10.2. The average molecular weight is 418 g/mol. The van der Waals surface area contributed by atoms with E-state index in [9.17, 15) is 20.0 Å². The van der Waals surface area contributed by atoms with Crippen LogP contribution in [-0.4, -0.2) is 45.0 Å². The highest BCUT2D eigenvalue weighted by atomic mass is 16.5. The predicted octanol–water partition coefficient (Wildman–Crippen LogP) is 3.39. The molecule has 30 heavy (non-hydrogen) atoms. The number of carboxylic acid groups (broad SMARTS) is 2. The van der Waals surface area contributed by atoms with Crippen LogP contribution in [0.1, 0.15) is 34.6 Å². The van der Waals surface area contributed by atoms with E-state index in [1.807, 2.05) is 0 Å². The van der Waals surface area contributed by atoms with Crippen molar-refractivity contribution in [2.24, 2.45) is 10.4 Å². The molecule has 0 aliphatic heterocycles. The zero-order valence-corrected chi connectivity index (χ0v) is 16.3. The molecular weight excluding hydrogens is 396 g/mol. The predicted molar refractivity (Wildman–Crippen MR) is 107 cm³/mol. The monoisotopic (exact) mass is 418 g/mol. The molecule has 12 nitrogen and oxygen atoms in total. The number of benzene rings is 2. The molecule has 12 heteroatoms. The molecule has 0 fully saturated rings. The molecule has 2 aromatic rings. The number of anilines is 2. The maximum absolute atomic E-state index is 10.8. The molecule has 0 amide bonds. The van der Waals surface area contributed by atoms with E-state index in [4.69, 9.17) is 10.2 Å². The third kappa shape index (κ3) is 7.80. The fourth-order valence-corrected chi connectivity index (χ4v) is 1.89. The summed E-state index contributed by atoms with van der Waals surface area (Å²) in [4.78, 5) is 22.4. The summed E-state index contributed by atoms with van der Waals surface area (Å²) in [5, 5.41) is 46.1. The van der Waals surface area contributed by atoms with Gasteiger partial charge >= 0.3 is 11.9 Å².